The van der Waals surface area contributed by atoms with Gasteiger partial charge in [0, 0.05) is 18.7 Å². The molecular formula is C10H10N2O. The average molecular weight is 174 g/mol. The Hall–Kier alpha value is -1.77. The van der Waals surface area contributed by atoms with E-state index in [0.29, 0.717) is 0 Å². The lowest BCUT2D eigenvalue weighted by Gasteiger charge is -1.91. The summed E-state index contributed by atoms with van der Waals surface area (Å²) in [6.07, 6.45) is 0. The third kappa shape index (κ3) is 1.54. The highest BCUT2D eigenvalue weighted by Gasteiger charge is 2.03. The molecule has 1 aromatic heterocycles. The van der Waals surface area contributed by atoms with Gasteiger partial charge in [-0.05, 0) is 0 Å². The lowest BCUT2D eigenvalue weighted by Crippen LogP contribution is -1.84. The first-order valence-corrected chi connectivity index (χ1v) is 4.10. The maximum absolute atomic E-state index is 5.13. The Labute approximate surface area is 76.4 Å². The van der Waals surface area contributed by atoms with Gasteiger partial charge in [0.15, 0.2) is 11.6 Å². The van der Waals surface area contributed by atoms with E-state index >= 15 is 0 Å². The van der Waals surface area contributed by atoms with Gasteiger partial charge < -0.3 is 9.84 Å². The van der Waals surface area contributed by atoms with Crippen LogP contribution in [0.2, 0.25) is 0 Å². The minimum Gasteiger partial charge on any atom is -0.370 e. The third-order valence-corrected chi connectivity index (χ3v) is 1.82. The molecule has 0 atom stereocenters. The van der Waals surface area contributed by atoms with Gasteiger partial charge in [-0.1, -0.05) is 35.5 Å². The van der Waals surface area contributed by atoms with E-state index in [0.717, 1.165) is 17.1 Å². The van der Waals surface area contributed by atoms with Crippen LogP contribution >= 0.6 is 0 Å². The molecule has 2 aromatic rings. The van der Waals surface area contributed by atoms with Gasteiger partial charge in [0.1, 0.15) is 0 Å². The quantitative estimate of drug-likeness (QED) is 0.759. The van der Waals surface area contributed by atoms with Crippen LogP contribution in [-0.4, -0.2) is 12.2 Å². The monoisotopic (exact) mass is 174 g/mol. The molecule has 1 aromatic carbocycles. The Kier molecular flexibility index (Phi) is 2.00. The first-order valence-electron chi connectivity index (χ1n) is 4.10. The van der Waals surface area contributed by atoms with Crippen LogP contribution in [-0.2, 0) is 0 Å². The highest BCUT2D eigenvalue weighted by Crippen LogP contribution is 2.21. The van der Waals surface area contributed by atoms with Gasteiger partial charge in [0.05, 0.1) is 0 Å². The molecular weight excluding hydrogens is 164 g/mol. The average Bonchev–Trinajstić information content (AvgIpc) is 2.67. The van der Waals surface area contributed by atoms with Crippen molar-refractivity contribution in [2.75, 3.05) is 12.4 Å². The van der Waals surface area contributed by atoms with Gasteiger partial charge in [0.25, 0.3) is 0 Å². The molecule has 1 heterocycles. The van der Waals surface area contributed by atoms with Crippen LogP contribution in [0.15, 0.2) is 40.9 Å². The number of nitrogens with zero attached hydrogens (tertiary/aromatic N) is 1. The number of benzene rings is 1. The van der Waals surface area contributed by atoms with E-state index in [1.54, 1.807) is 0 Å². The summed E-state index contributed by atoms with van der Waals surface area (Å²) in [6.45, 7) is 0. The fourth-order valence-corrected chi connectivity index (χ4v) is 1.13. The van der Waals surface area contributed by atoms with Crippen molar-refractivity contribution in [3.63, 3.8) is 0 Å². The molecule has 0 amide bonds. The predicted molar refractivity (Wildman–Crippen MR) is 51.5 cm³/mol. The van der Waals surface area contributed by atoms with Gasteiger partial charge in [-0.2, -0.15) is 0 Å². The molecule has 2 rings (SSSR count). The summed E-state index contributed by atoms with van der Waals surface area (Å²) >= 11 is 0. The zero-order valence-electron chi connectivity index (χ0n) is 7.32. The number of hydrogen-bond donors (Lipinski definition) is 1. The number of aromatic nitrogens is 1. The summed E-state index contributed by atoms with van der Waals surface area (Å²) in [5, 5.41) is 6.74. The van der Waals surface area contributed by atoms with Crippen LogP contribution in [0.1, 0.15) is 0 Å². The second-order valence-corrected chi connectivity index (χ2v) is 2.69. The minimum atomic E-state index is 0.749. The fraction of sp³-hybridized carbons (Fsp3) is 0.100. The van der Waals surface area contributed by atoms with E-state index in [1.807, 2.05) is 43.4 Å². The van der Waals surface area contributed by atoms with E-state index in [1.165, 1.54) is 0 Å². The molecule has 0 unspecified atom stereocenters. The van der Waals surface area contributed by atoms with E-state index in [2.05, 4.69) is 10.5 Å². The van der Waals surface area contributed by atoms with Gasteiger partial charge in [0.2, 0.25) is 0 Å². The second kappa shape index (κ2) is 3.31. The van der Waals surface area contributed by atoms with Crippen molar-refractivity contribution >= 4 is 5.82 Å². The second-order valence-electron chi connectivity index (χ2n) is 2.69. The summed E-state index contributed by atoms with van der Waals surface area (Å²) in [4.78, 5) is 0. The zero-order chi connectivity index (χ0) is 9.10. The summed E-state index contributed by atoms with van der Waals surface area (Å²) in [6, 6.07) is 11.8. The van der Waals surface area contributed by atoms with Gasteiger partial charge in [-0.3, -0.25) is 0 Å². The Morgan fingerprint density at radius 2 is 2.00 bits per heavy atom. The smallest absolute Gasteiger partial charge is 0.169 e. The molecule has 66 valence electrons. The van der Waals surface area contributed by atoms with Crippen molar-refractivity contribution in [1.29, 1.82) is 0 Å². The number of anilines is 1. The van der Waals surface area contributed by atoms with E-state index in [9.17, 15) is 0 Å². The largest absolute Gasteiger partial charge is 0.370 e. The lowest BCUT2D eigenvalue weighted by atomic mass is 10.2. The zero-order valence-corrected chi connectivity index (χ0v) is 7.32. The molecule has 0 saturated heterocycles. The Bertz CT molecular complexity index is 381. The molecule has 0 aliphatic heterocycles. The van der Waals surface area contributed by atoms with Crippen molar-refractivity contribution < 1.29 is 4.52 Å². The highest BCUT2D eigenvalue weighted by molar-refractivity contribution is 5.60. The molecule has 1 N–H and O–H groups in total. The molecule has 3 heteroatoms. The summed E-state index contributed by atoms with van der Waals surface area (Å²) < 4.78 is 5.13. The molecule has 0 bridgehead atoms. The molecule has 0 aliphatic rings. The van der Waals surface area contributed by atoms with Gasteiger partial charge in [-0.15, -0.1) is 0 Å². The molecule has 0 spiro atoms. The van der Waals surface area contributed by atoms with Crippen LogP contribution < -0.4 is 5.32 Å². The number of nitrogens with one attached hydrogen (secondary N) is 1. The first kappa shape index (κ1) is 7.86. The molecule has 0 radical (unpaired) electrons. The minimum absolute atomic E-state index is 0.749. The van der Waals surface area contributed by atoms with Gasteiger partial charge >= 0.3 is 0 Å². The first-order chi connectivity index (χ1) is 6.40. The maximum Gasteiger partial charge on any atom is 0.169 e. The molecule has 0 aliphatic carbocycles. The molecule has 13 heavy (non-hydrogen) atoms. The van der Waals surface area contributed by atoms with Crippen molar-refractivity contribution in [2.24, 2.45) is 0 Å². The molecule has 0 fully saturated rings. The maximum atomic E-state index is 5.13. The molecule has 0 saturated carbocycles. The van der Waals surface area contributed by atoms with Crippen LogP contribution in [0.3, 0.4) is 0 Å². The van der Waals surface area contributed by atoms with Crippen molar-refractivity contribution in [1.82, 2.24) is 5.16 Å². The Morgan fingerprint density at radius 3 is 2.62 bits per heavy atom. The highest BCUT2D eigenvalue weighted by atomic mass is 16.5. The van der Waals surface area contributed by atoms with Crippen LogP contribution in [0.5, 0.6) is 0 Å². The van der Waals surface area contributed by atoms with E-state index in [4.69, 9.17) is 4.52 Å². The number of rotatable bonds is 2. The van der Waals surface area contributed by atoms with E-state index in [-0.39, 0.29) is 0 Å². The van der Waals surface area contributed by atoms with Gasteiger partial charge in [-0.25, -0.2) is 0 Å². The topological polar surface area (TPSA) is 38.1 Å². The van der Waals surface area contributed by atoms with Crippen LogP contribution in [0.25, 0.3) is 11.3 Å². The summed E-state index contributed by atoms with van der Waals surface area (Å²) in [5.41, 5.74) is 1.04. The van der Waals surface area contributed by atoms with Crippen molar-refractivity contribution in [3.8, 4) is 11.3 Å². The Morgan fingerprint density at radius 1 is 1.23 bits per heavy atom. The SMILES string of the molecule is CNc1cc(-c2ccccc2)on1. The fourth-order valence-electron chi connectivity index (χ4n) is 1.13. The van der Waals surface area contributed by atoms with Crippen molar-refractivity contribution in [2.45, 2.75) is 0 Å². The Balaban J connectivity index is 2.36. The predicted octanol–water partition coefficient (Wildman–Crippen LogP) is 2.38. The van der Waals surface area contributed by atoms with Crippen molar-refractivity contribution in [3.05, 3.63) is 36.4 Å². The lowest BCUT2D eigenvalue weighted by molar-refractivity contribution is 0.435. The van der Waals surface area contributed by atoms with E-state index < -0.39 is 0 Å². The standard InChI is InChI=1S/C10H10N2O/c1-11-10-7-9(13-12-10)8-5-3-2-4-6-8/h2-7H,1H3,(H,11,12). The third-order valence-electron chi connectivity index (χ3n) is 1.82. The summed E-state index contributed by atoms with van der Waals surface area (Å²) in [7, 11) is 1.81. The van der Waals surface area contributed by atoms with Crippen LogP contribution in [0.4, 0.5) is 5.82 Å². The number of hydrogen-bond acceptors (Lipinski definition) is 3. The summed E-state index contributed by atoms with van der Waals surface area (Å²) in [5.74, 6) is 1.53. The molecule has 3 nitrogen and oxygen atoms in total. The van der Waals surface area contributed by atoms with Crippen LogP contribution in [0, 0.1) is 0 Å². The normalized spacial score (nSPS) is 9.92.